The van der Waals surface area contributed by atoms with Crippen molar-refractivity contribution in [3.8, 4) is 0 Å². The number of fused-ring (bicyclic) bond motifs is 1. The topological polar surface area (TPSA) is 66.8 Å². The molecule has 1 N–H and O–H groups in total. The first-order valence-corrected chi connectivity index (χ1v) is 10.5. The number of rotatable bonds is 4. The fraction of sp³-hybridized carbons (Fsp3) is 0.500. The van der Waals surface area contributed by atoms with Crippen LogP contribution in [-0.2, 0) is 6.54 Å². The first-order valence-electron chi connectivity index (χ1n) is 10.5. The number of nitrogens with one attached hydrogen (secondary N) is 1. The first-order chi connectivity index (χ1) is 13.8. The number of hydrogen-bond donors (Lipinski definition) is 1. The Morgan fingerprint density at radius 3 is 2.93 bits per heavy atom. The highest BCUT2D eigenvalue weighted by Crippen LogP contribution is 2.32. The summed E-state index contributed by atoms with van der Waals surface area (Å²) in [6.45, 7) is 2.47. The Morgan fingerprint density at radius 1 is 1.14 bits per heavy atom. The third kappa shape index (κ3) is 3.43. The van der Waals surface area contributed by atoms with Crippen LogP contribution in [0.15, 0.2) is 36.7 Å². The zero-order chi connectivity index (χ0) is 18.9. The van der Waals surface area contributed by atoms with Crippen LogP contribution in [-0.4, -0.2) is 43.9 Å². The van der Waals surface area contributed by atoms with Crippen molar-refractivity contribution >= 4 is 16.8 Å². The van der Waals surface area contributed by atoms with Crippen LogP contribution < -0.4 is 0 Å². The fourth-order valence-electron chi connectivity index (χ4n) is 4.84. The van der Waals surface area contributed by atoms with Gasteiger partial charge in [-0.25, -0.2) is 0 Å². The summed E-state index contributed by atoms with van der Waals surface area (Å²) in [6.07, 6.45) is 11.3. The molecule has 6 heteroatoms. The van der Waals surface area contributed by atoms with Crippen LogP contribution in [0.4, 0.5) is 0 Å². The number of carbonyl (C=O) groups is 1. The van der Waals surface area contributed by atoms with E-state index in [-0.39, 0.29) is 5.91 Å². The highest BCUT2D eigenvalue weighted by Gasteiger charge is 2.26. The van der Waals surface area contributed by atoms with Gasteiger partial charge < -0.3 is 9.88 Å². The summed E-state index contributed by atoms with van der Waals surface area (Å²) < 4.78 is 2.00. The van der Waals surface area contributed by atoms with E-state index >= 15 is 0 Å². The Kier molecular flexibility index (Phi) is 4.63. The predicted octanol–water partition coefficient (Wildman–Crippen LogP) is 3.97. The molecule has 0 radical (unpaired) electrons. The van der Waals surface area contributed by atoms with Crippen molar-refractivity contribution in [3.63, 3.8) is 0 Å². The average molecular weight is 377 g/mol. The number of piperidine rings is 1. The monoisotopic (exact) mass is 377 g/mol. The molecule has 1 saturated heterocycles. The number of aromatic amines is 1. The second kappa shape index (κ2) is 7.41. The molecule has 28 heavy (non-hydrogen) atoms. The van der Waals surface area contributed by atoms with Gasteiger partial charge in [0.2, 0.25) is 0 Å². The summed E-state index contributed by atoms with van der Waals surface area (Å²) >= 11 is 0. The summed E-state index contributed by atoms with van der Waals surface area (Å²) in [5.74, 6) is 1.16. The van der Waals surface area contributed by atoms with E-state index in [4.69, 9.17) is 0 Å². The van der Waals surface area contributed by atoms with Crippen molar-refractivity contribution in [2.24, 2.45) is 5.92 Å². The number of carbonyl (C=O) groups excluding carboxylic acids is 1. The molecule has 1 atom stereocenters. The van der Waals surface area contributed by atoms with Crippen molar-refractivity contribution in [1.29, 1.82) is 0 Å². The van der Waals surface area contributed by atoms with Crippen molar-refractivity contribution in [1.82, 2.24) is 24.9 Å². The number of amides is 1. The van der Waals surface area contributed by atoms with E-state index in [1.807, 2.05) is 40.0 Å². The summed E-state index contributed by atoms with van der Waals surface area (Å²) in [6, 6.07) is 7.94. The minimum Gasteiger partial charge on any atom is -0.361 e. The summed E-state index contributed by atoms with van der Waals surface area (Å²) in [5, 5.41) is 9.92. The average Bonchev–Trinajstić information content (AvgIpc) is 3.47. The summed E-state index contributed by atoms with van der Waals surface area (Å²) in [7, 11) is 0. The molecule has 5 rings (SSSR count). The molecule has 0 bridgehead atoms. The van der Waals surface area contributed by atoms with Gasteiger partial charge in [-0.2, -0.15) is 0 Å². The van der Waals surface area contributed by atoms with Gasteiger partial charge in [-0.3, -0.25) is 9.48 Å². The normalized spacial score (nSPS) is 20.9. The number of nitrogens with zero attached hydrogens (tertiary/aromatic N) is 4. The quantitative estimate of drug-likeness (QED) is 0.748. The molecule has 1 aliphatic heterocycles. The van der Waals surface area contributed by atoms with Crippen LogP contribution in [0.2, 0.25) is 0 Å². The van der Waals surface area contributed by atoms with E-state index in [0.717, 1.165) is 54.6 Å². The van der Waals surface area contributed by atoms with Crippen LogP contribution in [0, 0.1) is 5.92 Å². The second-order valence-electron chi connectivity index (χ2n) is 8.39. The Bertz CT molecular complexity index is 968. The van der Waals surface area contributed by atoms with Gasteiger partial charge in [0.1, 0.15) is 0 Å². The first kappa shape index (κ1) is 17.5. The van der Waals surface area contributed by atoms with Gasteiger partial charge in [0.15, 0.2) is 0 Å². The van der Waals surface area contributed by atoms with E-state index in [9.17, 15) is 4.79 Å². The molecule has 1 aromatic carbocycles. The lowest BCUT2D eigenvalue weighted by Gasteiger charge is -2.32. The van der Waals surface area contributed by atoms with Gasteiger partial charge in [0.05, 0.1) is 5.69 Å². The Labute approximate surface area is 164 Å². The maximum atomic E-state index is 13.0. The minimum atomic E-state index is 0.131. The molecule has 3 aromatic rings. The lowest BCUT2D eigenvalue weighted by molar-refractivity contribution is 0.0659. The minimum absolute atomic E-state index is 0.131. The molecule has 6 nitrogen and oxygen atoms in total. The largest absolute Gasteiger partial charge is 0.361 e. The molecule has 2 aromatic heterocycles. The second-order valence-corrected chi connectivity index (χ2v) is 8.39. The van der Waals surface area contributed by atoms with Crippen molar-refractivity contribution in [3.05, 3.63) is 47.9 Å². The van der Waals surface area contributed by atoms with E-state index in [1.165, 1.54) is 25.7 Å². The summed E-state index contributed by atoms with van der Waals surface area (Å²) in [5.41, 5.74) is 2.93. The van der Waals surface area contributed by atoms with Gasteiger partial charge in [-0.15, -0.1) is 5.10 Å². The number of aromatic nitrogens is 4. The molecule has 1 aliphatic carbocycles. The zero-order valence-electron chi connectivity index (χ0n) is 16.2. The molecular formula is C22H27N5O. The van der Waals surface area contributed by atoms with Crippen LogP contribution in [0.3, 0.4) is 0 Å². The molecule has 0 unspecified atom stereocenters. The van der Waals surface area contributed by atoms with Crippen LogP contribution in [0.25, 0.3) is 10.9 Å². The third-order valence-corrected chi connectivity index (χ3v) is 6.38. The SMILES string of the molecule is O=C(c1ccc2cc[nH]c2c1)N1CCC[C@@H](Cn2cc(C3CCCC3)nn2)C1. The molecule has 2 fully saturated rings. The Hall–Kier alpha value is -2.63. The smallest absolute Gasteiger partial charge is 0.253 e. The van der Waals surface area contributed by atoms with Crippen LogP contribution in [0.1, 0.15) is 60.5 Å². The van der Waals surface area contributed by atoms with Gasteiger partial charge in [0, 0.05) is 49.0 Å². The highest BCUT2D eigenvalue weighted by atomic mass is 16.2. The lowest BCUT2D eigenvalue weighted by atomic mass is 9.97. The maximum Gasteiger partial charge on any atom is 0.253 e. The van der Waals surface area contributed by atoms with Gasteiger partial charge in [0.25, 0.3) is 5.91 Å². The van der Waals surface area contributed by atoms with Gasteiger partial charge >= 0.3 is 0 Å². The predicted molar refractivity (Wildman–Crippen MR) is 108 cm³/mol. The molecular weight excluding hydrogens is 350 g/mol. The highest BCUT2D eigenvalue weighted by molar-refractivity contribution is 5.98. The Balaban J connectivity index is 1.24. The summed E-state index contributed by atoms with van der Waals surface area (Å²) in [4.78, 5) is 18.2. The standard InChI is InChI=1S/C22H27N5O/c28-22(19-8-7-18-9-10-23-20(18)12-19)26-11-3-4-16(13-26)14-27-15-21(24-25-27)17-5-1-2-6-17/h7-10,12,15-17,23H,1-6,11,13-14H2/t16-/m1/s1. The molecule has 3 heterocycles. The molecule has 2 aliphatic rings. The number of benzene rings is 1. The molecule has 1 saturated carbocycles. The zero-order valence-corrected chi connectivity index (χ0v) is 16.2. The van der Waals surface area contributed by atoms with E-state index in [1.54, 1.807) is 0 Å². The van der Waals surface area contributed by atoms with Gasteiger partial charge in [-0.1, -0.05) is 24.1 Å². The van der Waals surface area contributed by atoms with Crippen molar-refractivity contribution in [2.45, 2.75) is 51.0 Å². The number of hydrogen-bond acceptors (Lipinski definition) is 3. The van der Waals surface area contributed by atoms with Crippen LogP contribution in [0.5, 0.6) is 0 Å². The van der Waals surface area contributed by atoms with Crippen molar-refractivity contribution in [2.75, 3.05) is 13.1 Å². The van der Waals surface area contributed by atoms with Crippen molar-refractivity contribution < 1.29 is 4.79 Å². The van der Waals surface area contributed by atoms with Gasteiger partial charge in [-0.05, 0) is 55.2 Å². The molecule has 146 valence electrons. The third-order valence-electron chi connectivity index (χ3n) is 6.38. The van der Waals surface area contributed by atoms with E-state index < -0.39 is 0 Å². The molecule has 1 amide bonds. The lowest BCUT2D eigenvalue weighted by Crippen LogP contribution is -2.41. The maximum absolute atomic E-state index is 13.0. The molecule has 0 spiro atoms. The fourth-order valence-corrected chi connectivity index (χ4v) is 4.84. The number of likely N-dealkylation sites (tertiary alicyclic amines) is 1. The van der Waals surface area contributed by atoms with E-state index in [0.29, 0.717) is 11.8 Å². The van der Waals surface area contributed by atoms with Crippen LogP contribution >= 0.6 is 0 Å². The van der Waals surface area contributed by atoms with E-state index in [2.05, 4.69) is 21.5 Å². The number of H-pyrrole nitrogens is 1. The Morgan fingerprint density at radius 2 is 2.04 bits per heavy atom.